The molecule has 0 aromatic heterocycles. The Bertz CT molecular complexity index is 215. The van der Waals surface area contributed by atoms with E-state index in [1.807, 2.05) is 0 Å². The average molecular weight is 276 g/mol. The van der Waals surface area contributed by atoms with Gasteiger partial charge in [0.05, 0.1) is 0 Å². The average Bonchev–Trinajstić information content (AvgIpc) is 2.05. The van der Waals surface area contributed by atoms with E-state index in [0.717, 1.165) is 20.4 Å². The van der Waals surface area contributed by atoms with Crippen LogP contribution in [0, 0.1) is 0 Å². The number of hydrogen-bond donors (Lipinski definition) is 0. The summed E-state index contributed by atoms with van der Waals surface area (Å²) in [5.74, 6) is 1.57. The molecule has 1 rings (SSSR count). The molecule has 0 bridgehead atoms. The summed E-state index contributed by atoms with van der Waals surface area (Å²) in [5, 5.41) is 0. The molecule has 0 radical (unpaired) electrons. The van der Waals surface area contributed by atoms with Crippen molar-refractivity contribution in [1.82, 2.24) is 0 Å². The van der Waals surface area contributed by atoms with Crippen LogP contribution < -0.4 is 0 Å². The van der Waals surface area contributed by atoms with Crippen LogP contribution in [0.25, 0.3) is 0 Å². The summed E-state index contributed by atoms with van der Waals surface area (Å²) >= 11 is 10.7. The molecule has 0 unspecified atom stereocenters. The standard InChI is InChI=1S/C6H6Cl2OSSe/c7-1-5-3-10-4-6(2-8)11(5)9/h1-2H,3-4H2/b5-1+,6-2+. The van der Waals surface area contributed by atoms with Gasteiger partial charge in [-0.3, -0.25) is 0 Å². The van der Waals surface area contributed by atoms with Crippen molar-refractivity contribution in [3.63, 3.8) is 0 Å². The quantitative estimate of drug-likeness (QED) is 0.632. The molecule has 5 heteroatoms. The van der Waals surface area contributed by atoms with Gasteiger partial charge in [-0.2, -0.15) is 0 Å². The molecule has 0 atom stereocenters. The molecule has 1 saturated heterocycles. The Morgan fingerprint density at radius 1 is 1.27 bits per heavy atom. The first-order valence-corrected chi connectivity index (χ1v) is 7.31. The van der Waals surface area contributed by atoms with Crippen LogP contribution in [0.4, 0.5) is 0 Å². The van der Waals surface area contributed by atoms with Gasteiger partial charge < -0.3 is 0 Å². The SMILES string of the molecule is O=[Se]1/C(=C/Cl)CSC/C1=C\Cl. The van der Waals surface area contributed by atoms with Crippen LogP contribution >= 0.6 is 35.0 Å². The van der Waals surface area contributed by atoms with Crippen LogP contribution in [0.2, 0.25) is 0 Å². The van der Waals surface area contributed by atoms with Crippen molar-refractivity contribution >= 4 is 48.8 Å². The molecule has 1 aliphatic rings. The van der Waals surface area contributed by atoms with Crippen LogP contribution in [0.15, 0.2) is 20.0 Å². The molecule has 1 heterocycles. The second-order valence-corrected chi connectivity index (χ2v) is 6.66. The van der Waals surface area contributed by atoms with Crippen LogP contribution in [-0.2, 0) is 3.83 Å². The Labute approximate surface area is 83.9 Å². The van der Waals surface area contributed by atoms with E-state index in [4.69, 9.17) is 23.2 Å². The summed E-state index contributed by atoms with van der Waals surface area (Å²) in [5.41, 5.74) is 2.84. The van der Waals surface area contributed by atoms with Crippen LogP contribution in [-0.4, -0.2) is 25.3 Å². The minimum absolute atomic E-state index is 0.784. The fraction of sp³-hybridized carbons (Fsp3) is 0.333. The predicted molar refractivity (Wildman–Crippen MR) is 51.6 cm³/mol. The summed E-state index contributed by atoms with van der Waals surface area (Å²) in [4.78, 5) is 0. The van der Waals surface area contributed by atoms with Gasteiger partial charge in [-0.05, 0) is 0 Å². The van der Waals surface area contributed by atoms with Crippen LogP contribution in [0.1, 0.15) is 0 Å². The summed E-state index contributed by atoms with van der Waals surface area (Å²) in [6.45, 7) is 0. The molecule has 62 valence electrons. The van der Waals surface area contributed by atoms with Gasteiger partial charge >= 0.3 is 84.2 Å². The van der Waals surface area contributed by atoms with Gasteiger partial charge in [-0.25, -0.2) is 0 Å². The zero-order valence-corrected chi connectivity index (χ0v) is 9.59. The Morgan fingerprint density at radius 3 is 2.09 bits per heavy atom. The third-order valence-corrected chi connectivity index (χ3v) is 7.28. The van der Waals surface area contributed by atoms with Gasteiger partial charge in [0.15, 0.2) is 0 Å². The maximum atomic E-state index is 11.5. The summed E-state index contributed by atoms with van der Waals surface area (Å²) in [6.07, 6.45) is 0. The maximum absolute atomic E-state index is 11.5. The summed E-state index contributed by atoms with van der Waals surface area (Å²) in [6, 6.07) is 0. The van der Waals surface area contributed by atoms with E-state index in [-0.39, 0.29) is 0 Å². The first kappa shape index (κ1) is 9.81. The van der Waals surface area contributed by atoms with Gasteiger partial charge in [-0.1, -0.05) is 0 Å². The second kappa shape index (κ2) is 4.68. The monoisotopic (exact) mass is 276 g/mol. The number of halogens is 2. The van der Waals surface area contributed by atoms with Crippen molar-refractivity contribution < 1.29 is 3.83 Å². The Kier molecular flexibility index (Phi) is 4.18. The van der Waals surface area contributed by atoms with Crippen molar-refractivity contribution in [1.29, 1.82) is 0 Å². The molecule has 0 spiro atoms. The van der Waals surface area contributed by atoms with E-state index in [1.165, 1.54) is 11.1 Å². The molecular weight excluding hydrogens is 270 g/mol. The van der Waals surface area contributed by atoms with E-state index in [9.17, 15) is 3.83 Å². The van der Waals surface area contributed by atoms with Crippen molar-refractivity contribution in [2.45, 2.75) is 0 Å². The Hall–Kier alpha value is 0.729. The Morgan fingerprint density at radius 2 is 1.73 bits per heavy atom. The fourth-order valence-electron chi connectivity index (χ4n) is 0.672. The van der Waals surface area contributed by atoms with Crippen molar-refractivity contribution in [2.24, 2.45) is 0 Å². The topological polar surface area (TPSA) is 17.1 Å². The normalized spacial score (nSPS) is 33.1. The summed E-state index contributed by atoms with van der Waals surface area (Å²) < 4.78 is 13.2. The van der Waals surface area contributed by atoms with E-state index in [1.54, 1.807) is 11.8 Å². The third kappa shape index (κ3) is 2.33. The van der Waals surface area contributed by atoms with Gasteiger partial charge in [0, 0.05) is 0 Å². The first-order valence-electron chi connectivity index (χ1n) is 2.87. The number of thioether (sulfide) groups is 1. The molecule has 1 nitrogen and oxygen atoms in total. The van der Waals surface area contributed by atoms with Crippen LogP contribution in [0.3, 0.4) is 0 Å². The number of rotatable bonds is 0. The molecule has 0 saturated carbocycles. The molecule has 1 aliphatic heterocycles. The first-order chi connectivity index (χ1) is 5.29. The minimum atomic E-state index is -2.00. The van der Waals surface area contributed by atoms with Crippen molar-refractivity contribution in [3.8, 4) is 0 Å². The van der Waals surface area contributed by atoms with E-state index in [2.05, 4.69) is 0 Å². The zero-order valence-electron chi connectivity index (χ0n) is 5.55. The Balaban J connectivity index is 2.84. The van der Waals surface area contributed by atoms with Gasteiger partial charge in [0.2, 0.25) is 0 Å². The molecule has 0 N–H and O–H groups in total. The van der Waals surface area contributed by atoms with Gasteiger partial charge in [-0.15, -0.1) is 0 Å². The zero-order chi connectivity index (χ0) is 8.27. The van der Waals surface area contributed by atoms with Crippen molar-refractivity contribution in [2.75, 3.05) is 11.5 Å². The van der Waals surface area contributed by atoms with Crippen LogP contribution in [0.5, 0.6) is 0 Å². The van der Waals surface area contributed by atoms with E-state index >= 15 is 0 Å². The molecule has 1 fully saturated rings. The van der Waals surface area contributed by atoms with E-state index in [0.29, 0.717) is 0 Å². The van der Waals surface area contributed by atoms with Gasteiger partial charge in [0.1, 0.15) is 0 Å². The fourth-order valence-corrected chi connectivity index (χ4v) is 6.18. The summed E-state index contributed by atoms with van der Waals surface area (Å²) in [7, 11) is 0. The van der Waals surface area contributed by atoms with Gasteiger partial charge in [0.25, 0.3) is 0 Å². The third-order valence-electron chi connectivity index (χ3n) is 1.21. The molecule has 11 heavy (non-hydrogen) atoms. The molecular formula is C6H6Cl2OSSe. The molecule has 0 aromatic rings. The predicted octanol–water partition coefficient (Wildman–Crippen LogP) is 2.48. The van der Waals surface area contributed by atoms with Crippen molar-refractivity contribution in [3.05, 3.63) is 20.0 Å². The molecule has 0 amide bonds. The number of hydrogen-bond acceptors (Lipinski definition) is 2. The van der Waals surface area contributed by atoms with E-state index < -0.39 is 13.8 Å². The second-order valence-electron chi connectivity index (χ2n) is 1.91. The molecule has 0 aromatic carbocycles. The molecule has 0 aliphatic carbocycles.